The van der Waals surface area contributed by atoms with Crippen molar-refractivity contribution in [3.8, 4) is 0 Å². The molecule has 27 heavy (non-hydrogen) atoms. The molecule has 0 spiro atoms. The fraction of sp³-hybridized carbons (Fsp3) is 0.188. The highest BCUT2D eigenvalue weighted by molar-refractivity contribution is 6.00. The summed E-state index contributed by atoms with van der Waals surface area (Å²) in [4.78, 5) is 26.6. The Bertz CT molecular complexity index is 933. The van der Waals surface area contributed by atoms with Crippen molar-refractivity contribution in [1.82, 2.24) is 9.99 Å². The van der Waals surface area contributed by atoms with Gasteiger partial charge >= 0.3 is 6.18 Å². The number of nitro groups is 1. The molecule has 0 unspecified atom stereocenters. The molecule has 1 atom stereocenters. The molecule has 2 aromatic rings. The lowest BCUT2D eigenvalue weighted by Crippen LogP contribution is -2.43. The van der Waals surface area contributed by atoms with Crippen LogP contribution in [0.3, 0.4) is 0 Å². The van der Waals surface area contributed by atoms with Crippen molar-refractivity contribution in [2.45, 2.75) is 18.3 Å². The van der Waals surface area contributed by atoms with E-state index in [2.05, 4.69) is 10.1 Å². The number of non-ortho nitro benzene ring substituents is 1. The van der Waals surface area contributed by atoms with Gasteiger partial charge in [0.15, 0.2) is 5.72 Å². The number of alkyl halides is 3. The number of halogens is 3. The van der Waals surface area contributed by atoms with E-state index in [1.807, 2.05) is 0 Å². The second kappa shape index (κ2) is 6.43. The van der Waals surface area contributed by atoms with Crippen molar-refractivity contribution < 1.29 is 28.0 Å². The van der Waals surface area contributed by atoms with Crippen LogP contribution in [0, 0.1) is 10.1 Å². The predicted molar refractivity (Wildman–Crippen MR) is 85.5 cm³/mol. The Hall–Kier alpha value is -3.34. The summed E-state index contributed by atoms with van der Waals surface area (Å²) in [7, 11) is 0. The normalized spacial score (nSPS) is 19.7. The van der Waals surface area contributed by atoms with Crippen LogP contribution < -0.4 is 0 Å². The SMILES string of the molecule is O=C(c1cccc([N+](=O)[O-])c1)N1N=C(C(F)(F)F)C[C@@]1(O)c1ccncc1. The zero-order valence-corrected chi connectivity index (χ0v) is 13.4. The van der Waals surface area contributed by atoms with Crippen molar-refractivity contribution >= 4 is 17.3 Å². The lowest BCUT2D eigenvalue weighted by Gasteiger charge is -2.31. The molecule has 3 rings (SSSR count). The number of carbonyl (C=O) groups excluding carboxylic acids is 1. The van der Waals surface area contributed by atoms with Crippen LogP contribution >= 0.6 is 0 Å². The number of hydrogen-bond donors (Lipinski definition) is 1. The Balaban J connectivity index is 2.08. The van der Waals surface area contributed by atoms with Gasteiger partial charge in [-0.3, -0.25) is 19.9 Å². The number of pyridine rings is 1. The standard InChI is InChI=1S/C16H11F3N4O4/c17-16(18,19)13-9-15(25,11-4-6-20-7-5-11)22(21-13)14(24)10-2-1-3-12(8-10)23(26)27/h1-8,25H,9H2/t15-/m1/s1. The minimum atomic E-state index is -4.86. The van der Waals surface area contributed by atoms with Gasteiger partial charge in [0.1, 0.15) is 5.71 Å². The number of rotatable bonds is 3. The van der Waals surface area contributed by atoms with Crippen molar-refractivity contribution in [2.24, 2.45) is 5.10 Å². The first kappa shape index (κ1) is 18.5. The summed E-state index contributed by atoms with van der Waals surface area (Å²) in [6, 6.07) is 6.92. The van der Waals surface area contributed by atoms with Crippen LogP contribution in [0.15, 0.2) is 53.9 Å². The summed E-state index contributed by atoms with van der Waals surface area (Å²) in [6.45, 7) is 0. The molecule has 0 saturated carbocycles. The van der Waals surface area contributed by atoms with Crippen molar-refractivity contribution in [3.63, 3.8) is 0 Å². The highest BCUT2D eigenvalue weighted by Crippen LogP contribution is 2.40. The average Bonchev–Trinajstić information content (AvgIpc) is 3.01. The molecule has 8 nitrogen and oxygen atoms in total. The number of carbonyl (C=O) groups is 1. The van der Waals surface area contributed by atoms with Crippen LogP contribution in [0.4, 0.5) is 18.9 Å². The van der Waals surface area contributed by atoms with Gasteiger partial charge in [0.2, 0.25) is 0 Å². The van der Waals surface area contributed by atoms with Gasteiger partial charge in [-0.15, -0.1) is 0 Å². The predicted octanol–water partition coefficient (Wildman–Crippen LogP) is 2.60. The topological polar surface area (TPSA) is 109 Å². The first-order valence-corrected chi connectivity index (χ1v) is 7.49. The van der Waals surface area contributed by atoms with Gasteiger partial charge in [-0.1, -0.05) is 6.07 Å². The molecule has 1 amide bonds. The van der Waals surface area contributed by atoms with Crippen LogP contribution in [0.25, 0.3) is 0 Å². The van der Waals surface area contributed by atoms with Crippen LogP contribution in [0.5, 0.6) is 0 Å². The number of amides is 1. The third-order valence-corrected chi connectivity index (χ3v) is 3.95. The number of benzene rings is 1. The first-order valence-electron chi connectivity index (χ1n) is 7.49. The summed E-state index contributed by atoms with van der Waals surface area (Å²) in [6.07, 6.45) is -3.36. The molecule has 0 radical (unpaired) electrons. The maximum Gasteiger partial charge on any atom is 0.431 e. The lowest BCUT2D eigenvalue weighted by molar-refractivity contribution is -0.384. The van der Waals surface area contributed by atoms with Gasteiger partial charge in [-0.05, 0) is 18.2 Å². The van der Waals surface area contributed by atoms with E-state index in [0.717, 1.165) is 12.1 Å². The van der Waals surface area contributed by atoms with Crippen LogP contribution in [-0.4, -0.2) is 37.8 Å². The van der Waals surface area contributed by atoms with Crippen molar-refractivity contribution in [3.05, 3.63) is 70.0 Å². The molecule has 1 aliphatic rings. The molecule has 1 aliphatic heterocycles. The van der Waals surface area contributed by atoms with E-state index in [-0.39, 0.29) is 11.1 Å². The second-order valence-corrected chi connectivity index (χ2v) is 5.70. The maximum absolute atomic E-state index is 13.1. The third kappa shape index (κ3) is 3.36. The summed E-state index contributed by atoms with van der Waals surface area (Å²) in [5.41, 5.74) is -4.49. The minimum Gasteiger partial charge on any atom is -0.365 e. The molecule has 1 aromatic heterocycles. The van der Waals surface area contributed by atoms with Gasteiger partial charge in [0.05, 0.1) is 11.3 Å². The van der Waals surface area contributed by atoms with Gasteiger partial charge in [-0.25, -0.2) is 0 Å². The molecular formula is C16H11F3N4O4. The van der Waals surface area contributed by atoms with Gasteiger partial charge in [0, 0.05) is 35.7 Å². The van der Waals surface area contributed by atoms with Crippen molar-refractivity contribution in [2.75, 3.05) is 0 Å². The Morgan fingerprint density at radius 1 is 1.26 bits per heavy atom. The van der Waals surface area contributed by atoms with Crippen molar-refractivity contribution in [1.29, 1.82) is 0 Å². The first-order chi connectivity index (χ1) is 12.6. The number of hydrazone groups is 1. The molecule has 1 N–H and O–H groups in total. The molecule has 11 heteroatoms. The van der Waals surface area contributed by atoms with E-state index < -0.39 is 40.6 Å². The molecule has 0 fully saturated rings. The number of aromatic nitrogens is 1. The summed E-state index contributed by atoms with van der Waals surface area (Å²) in [5, 5.41) is 25.3. The third-order valence-electron chi connectivity index (χ3n) is 3.95. The molecule has 0 aliphatic carbocycles. The zero-order chi connectivity index (χ0) is 19.8. The van der Waals surface area contributed by atoms with E-state index in [0.29, 0.717) is 5.01 Å². The Labute approximate surface area is 149 Å². The molecule has 2 heterocycles. The fourth-order valence-electron chi connectivity index (χ4n) is 2.64. The number of nitro benzene ring substituents is 1. The summed E-state index contributed by atoms with van der Waals surface area (Å²) < 4.78 is 39.4. The molecular weight excluding hydrogens is 369 g/mol. The highest BCUT2D eigenvalue weighted by atomic mass is 19.4. The minimum absolute atomic E-state index is 0.0284. The number of hydrogen-bond acceptors (Lipinski definition) is 6. The monoisotopic (exact) mass is 380 g/mol. The number of nitrogens with zero attached hydrogens (tertiary/aromatic N) is 4. The van der Waals surface area contributed by atoms with Gasteiger partial charge in [0.25, 0.3) is 11.6 Å². The van der Waals surface area contributed by atoms with E-state index in [1.54, 1.807) is 0 Å². The molecule has 1 aromatic carbocycles. The summed E-state index contributed by atoms with van der Waals surface area (Å²) >= 11 is 0. The molecule has 0 bridgehead atoms. The smallest absolute Gasteiger partial charge is 0.365 e. The Morgan fingerprint density at radius 2 is 1.93 bits per heavy atom. The van der Waals surface area contributed by atoms with E-state index in [4.69, 9.17) is 0 Å². The number of aliphatic hydroxyl groups is 1. The maximum atomic E-state index is 13.1. The van der Waals surface area contributed by atoms with Gasteiger partial charge in [-0.2, -0.15) is 23.3 Å². The van der Waals surface area contributed by atoms with Gasteiger partial charge < -0.3 is 5.11 Å². The second-order valence-electron chi connectivity index (χ2n) is 5.70. The zero-order valence-electron chi connectivity index (χ0n) is 13.4. The van der Waals surface area contributed by atoms with Crippen LogP contribution in [-0.2, 0) is 5.72 Å². The Morgan fingerprint density at radius 3 is 2.52 bits per heavy atom. The quantitative estimate of drug-likeness (QED) is 0.650. The average molecular weight is 380 g/mol. The van der Waals surface area contributed by atoms with E-state index in [1.165, 1.54) is 36.7 Å². The molecule has 0 saturated heterocycles. The lowest BCUT2D eigenvalue weighted by atomic mass is 9.97. The molecule has 140 valence electrons. The highest BCUT2D eigenvalue weighted by Gasteiger charge is 2.53. The largest absolute Gasteiger partial charge is 0.431 e. The Kier molecular flexibility index (Phi) is 4.39. The van der Waals surface area contributed by atoms with Crippen LogP contribution in [0.2, 0.25) is 0 Å². The fourth-order valence-corrected chi connectivity index (χ4v) is 2.64. The van der Waals surface area contributed by atoms with E-state index in [9.17, 15) is 33.2 Å². The van der Waals surface area contributed by atoms with E-state index >= 15 is 0 Å². The van der Waals surface area contributed by atoms with Crippen LogP contribution in [0.1, 0.15) is 22.3 Å². The summed E-state index contributed by atoms with van der Waals surface area (Å²) in [5.74, 6) is -1.11.